The molecule has 0 spiro atoms. The molecule has 0 atom stereocenters. The highest BCUT2D eigenvalue weighted by Crippen LogP contribution is 2.23. The summed E-state index contributed by atoms with van der Waals surface area (Å²) >= 11 is 5.98. The van der Waals surface area contributed by atoms with Gasteiger partial charge in [-0.2, -0.15) is 0 Å². The van der Waals surface area contributed by atoms with Gasteiger partial charge in [0.25, 0.3) is 0 Å². The summed E-state index contributed by atoms with van der Waals surface area (Å²) in [6, 6.07) is 4.98. The Morgan fingerprint density at radius 2 is 2.16 bits per heavy atom. The zero-order valence-corrected chi connectivity index (χ0v) is 11.4. The highest BCUT2D eigenvalue weighted by atomic mass is 35.5. The van der Waals surface area contributed by atoms with Crippen molar-refractivity contribution in [1.29, 1.82) is 5.41 Å². The second-order valence-electron chi connectivity index (χ2n) is 3.70. The Labute approximate surface area is 116 Å². The largest absolute Gasteiger partial charge is 0.698 e. The molecule has 102 valence electrons. The van der Waals surface area contributed by atoms with Gasteiger partial charge in [-0.15, -0.1) is 5.70 Å². The summed E-state index contributed by atoms with van der Waals surface area (Å²) < 4.78 is 9.40. The number of carbonyl (C=O) groups is 1. The molecule has 0 aromatic heterocycles. The summed E-state index contributed by atoms with van der Waals surface area (Å²) in [5.74, 6) is -0.782. The van der Waals surface area contributed by atoms with Crippen molar-refractivity contribution in [3.63, 3.8) is 0 Å². The van der Waals surface area contributed by atoms with Crippen LogP contribution < -0.4 is 0 Å². The van der Waals surface area contributed by atoms with Crippen LogP contribution in [-0.2, 0) is 20.9 Å². The molecule has 0 aliphatic heterocycles. The molecule has 0 fully saturated rings. The number of halogens is 1. The lowest BCUT2D eigenvalue weighted by molar-refractivity contribution is -0.132. The monoisotopic (exact) mass is 281 g/mol. The van der Waals surface area contributed by atoms with Crippen molar-refractivity contribution in [1.82, 2.24) is 0 Å². The maximum absolute atomic E-state index is 11.1. The van der Waals surface area contributed by atoms with Crippen LogP contribution in [0, 0.1) is 5.41 Å². The Morgan fingerprint density at radius 3 is 2.74 bits per heavy atom. The number of benzene rings is 1. The van der Waals surface area contributed by atoms with Gasteiger partial charge < -0.3 is 15.2 Å². The Morgan fingerprint density at radius 1 is 1.47 bits per heavy atom. The van der Waals surface area contributed by atoms with Gasteiger partial charge in [0.15, 0.2) is 0 Å². The Bertz CT molecular complexity index is 527. The zero-order chi connectivity index (χ0) is 14.4. The quantitative estimate of drug-likeness (QED) is 0.665. The lowest BCUT2D eigenvalue weighted by atomic mass is 10.1. The van der Waals surface area contributed by atoms with Gasteiger partial charge in [0.2, 0.25) is 0 Å². The van der Waals surface area contributed by atoms with E-state index in [-0.39, 0.29) is 11.4 Å². The topological polar surface area (TPSA) is 83.2 Å². The minimum absolute atomic E-state index is 0.0319. The molecule has 0 aliphatic carbocycles. The maximum Gasteiger partial charge on any atom is 0.355 e. The minimum Gasteiger partial charge on any atom is -0.698 e. The average Bonchev–Trinajstić information content (AvgIpc) is 2.40. The lowest BCUT2D eigenvalue weighted by Crippen LogP contribution is -2.11. The fourth-order valence-electron chi connectivity index (χ4n) is 1.40. The smallest absolute Gasteiger partial charge is 0.355 e. The molecule has 6 heteroatoms. The number of ether oxygens (including phenoxy) is 2. The van der Waals surface area contributed by atoms with E-state index in [1.807, 2.05) is 0 Å². The van der Waals surface area contributed by atoms with E-state index in [2.05, 4.69) is 4.74 Å². The molecular formula is C13H14ClN2O3-. The summed E-state index contributed by atoms with van der Waals surface area (Å²) in [5, 5.41) is 7.97. The molecule has 0 amide bonds. The summed E-state index contributed by atoms with van der Waals surface area (Å²) in [7, 11) is 2.74. The zero-order valence-electron chi connectivity index (χ0n) is 10.6. The minimum atomic E-state index is -0.782. The van der Waals surface area contributed by atoms with Crippen LogP contribution >= 0.6 is 11.6 Å². The van der Waals surface area contributed by atoms with Crippen molar-refractivity contribution >= 4 is 29.0 Å². The lowest BCUT2D eigenvalue weighted by Gasteiger charge is -2.13. The molecule has 5 nitrogen and oxygen atoms in total. The number of hydrogen-bond donors (Lipinski definition) is 1. The summed E-state index contributed by atoms with van der Waals surface area (Å²) in [4.78, 5) is 11.1. The third kappa shape index (κ3) is 4.08. The first-order valence-corrected chi connectivity index (χ1v) is 5.75. The number of methoxy groups -OCH3 is 2. The van der Waals surface area contributed by atoms with E-state index in [1.54, 1.807) is 25.3 Å². The Balaban J connectivity index is 3.02. The first kappa shape index (κ1) is 15.2. The first-order valence-electron chi connectivity index (χ1n) is 5.37. The molecule has 2 N–H and O–H groups in total. The van der Waals surface area contributed by atoms with Crippen molar-refractivity contribution in [2.24, 2.45) is 0 Å². The molecule has 1 aromatic carbocycles. The molecule has 0 bridgehead atoms. The Hall–Kier alpha value is -1.85. The third-order valence-corrected chi connectivity index (χ3v) is 2.72. The van der Waals surface area contributed by atoms with Crippen molar-refractivity contribution in [2.75, 3.05) is 14.2 Å². The van der Waals surface area contributed by atoms with Gasteiger partial charge >= 0.3 is 5.97 Å². The fraction of sp³-hybridized carbons (Fsp3) is 0.231. The van der Waals surface area contributed by atoms with E-state index in [9.17, 15) is 4.79 Å². The number of hydrogen-bond acceptors (Lipinski definition) is 4. The van der Waals surface area contributed by atoms with Gasteiger partial charge in [-0.05, 0) is 29.3 Å². The van der Waals surface area contributed by atoms with Crippen LogP contribution in [-0.4, -0.2) is 25.9 Å². The van der Waals surface area contributed by atoms with Gasteiger partial charge in [-0.1, -0.05) is 17.7 Å². The first-order chi connectivity index (χ1) is 8.99. The molecule has 1 rings (SSSR count). The van der Waals surface area contributed by atoms with Crippen LogP contribution in [0.4, 0.5) is 0 Å². The van der Waals surface area contributed by atoms with E-state index in [1.165, 1.54) is 7.11 Å². The van der Waals surface area contributed by atoms with E-state index < -0.39 is 5.97 Å². The molecule has 1 aromatic rings. The van der Waals surface area contributed by atoms with Gasteiger partial charge in [-0.3, -0.25) is 5.41 Å². The third-order valence-electron chi connectivity index (χ3n) is 2.35. The van der Waals surface area contributed by atoms with Gasteiger partial charge in [0.1, 0.15) is 5.71 Å². The average molecular weight is 282 g/mol. The van der Waals surface area contributed by atoms with Crippen LogP contribution in [0.15, 0.2) is 24.3 Å². The van der Waals surface area contributed by atoms with Crippen LogP contribution in [0.25, 0.3) is 11.4 Å². The molecule has 0 saturated heterocycles. The van der Waals surface area contributed by atoms with E-state index in [0.29, 0.717) is 17.2 Å². The molecule has 0 aliphatic rings. The van der Waals surface area contributed by atoms with Crippen LogP contribution in [0.5, 0.6) is 0 Å². The van der Waals surface area contributed by atoms with Gasteiger partial charge in [0.05, 0.1) is 13.7 Å². The summed E-state index contributed by atoms with van der Waals surface area (Å²) in [6.45, 7) is 0.328. The van der Waals surface area contributed by atoms with Crippen LogP contribution in [0.1, 0.15) is 11.1 Å². The number of nitrogens with one attached hydrogen (secondary N) is 2. The van der Waals surface area contributed by atoms with Crippen LogP contribution in [0.3, 0.4) is 0 Å². The predicted molar refractivity (Wildman–Crippen MR) is 74.2 cm³/mol. The fourth-order valence-corrected chi connectivity index (χ4v) is 1.58. The summed E-state index contributed by atoms with van der Waals surface area (Å²) in [6.07, 6.45) is 1.13. The molecule has 0 unspecified atom stereocenters. The highest BCUT2D eigenvalue weighted by Gasteiger charge is 2.06. The number of carbonyl (C=O) groups excluding carboxylic acids is 1. The van der Waals surface area contributed by atoms with Crippen molar-refractivity contribution in [3.05, 3.63) is 46.2 Å². The predicted octanol–water partition coefficient (Wildman–Crippen LogP) is 3.07. The molecular weight excluding hydrogens is 268 g/mol. The van der Waals surface area contributed by atoms with Crippen molar-refractivity contribution in [2.45, 2.75) is 6.61 Å². The van der Waals surface area contributed by atoms with Crippen molar-refractivity contribution < 1.29 is 14.3 Å². The highest BCUT2D eigenvalue weighted by molar-refractivity contribution is 6.41. The van der Waals surface area contributed by atoms with E-state index in [4.69, 9.17) is 27.5 Å². The standard InChI is InChI=1S/C13H14ClN2O3/c1-18-7-9-5-8(3-4-10(9)14)11(15)6-12(16)13(17)19-2/h3-6H,7H2,1-2H3,(H2-,15,16)/q-1. The van der Waals surface area contributed by atoms with Crippen molar-refractivity contribution in [3.8, 4) is 0 Å². The SMILES string of the molecule is COCc1cc(/C([NH-])=C/C(=N)C(=O)OC)ccc1Cl. The molecule has 19 heavy (non-hydrogen) atoms. The second-order valence-corrected chi connectivity index (χ2v) is 4.11. The van der Waals surface area contributed by atoms with Gasteiger partial charge in [0, 0.05) is 12.1 Å². The molecule has 0 heterocycles. The summed E-state index contributed by atoms with van der Waals surface area (Å²) in [5.41, 5.74) is 8.78. The number of rotatable bonds is 5. The molecule has 0 saturated carbocycles. The molecule has 0 radical (unpaired) electrons. The number of esters is 1. The maximum atomic E-state index is 11.1. The normalized spacial score (nSPS) is 11.2. The van der Waals surface area contributed by atoms with Crippen LogP contribution in [0.2, 0.25) is 5.02 Å². The Kier molecular flexibility index (Phi) is 5.54. The second kappa shape index (κ2) is 6.92. The van der Waals surface area contributed by atoms with Gasteiger partial charge in [-0.25, -0.2) is 4.79 Å². The van der Waals surface area contributed by atoms with E-state index >= 15 is 0 Å². The van der Waals surface area contributed by atoms with E-state index in [0.717, 1.165) is 11.6 Å².